The molecule has 1 aliphatic heterocycles. The number of para-hydroxylation sites is 1. The van der Waals surface area contributed by atoms with Crippen molar-refractivity contribution < 1.29 is 4.79 Å². The Morgan fingerprint density at radius 1 is 0.889 bits per heavy atom. The number of likely N-dealkylation sites (tertiary alicyclic amines) is 1. The van der Waals surface area contributed by atoms with Gasteiger partial charge in [0.15, 0.2) is 0 Å². The molecular formula is C24H26N2O. The number of rotatable bonds is 5. The zero-order valence-corrected chi connectivity index (χ0v) is 15.6. The van der Waals surface area contributed by atoms with Crippen LogP contribution < -0.4 is 5.32 Å². The number of amides is 1. The second kappa shape index (κ2) is 8.36. The van der Waals surface area contributed by atoms with E-state index in [1.807, 2.05) is 30.3 Å². The number of anilines is 1. The molecule has 1 heterocycles. The first-order chi connectivity index (χ1) is 13.3. The molecule has 3 aromatic carbocycles. The monoisotopic (exact) mass is 358 g/mol. The van der Waals surface area contributed by atoms with Crippen LogP contribution in [0.4, 0.5) is 5.69 Å². The zero-order chi connectivity index (χ0) is 18.5. The first-order valence-electron chi connectivity index (χ1n) is 9.81. The molecule has 138 valence electrons. The molecule has 1 saturated heterocycles. The molecule has 0 bridgehead atoms. The van der Waals surface area contributed by atoms with Crippen LogP contribution in [0.3, 0.4) is 0 Å². The van der Waals surface area contributed by atoms with E-state index < -0.39 is 0 Å². The van der Waals surface area contributed by atoms with E-state index in [1.165, 1.54) is 16.3 Å². The summed E-state index contributed by atoms with van der Waals surface area (Å²) in [6.45, 7) is 3.12. The fourth-order valence-corrected chi connectivity index (χ4v) is 3.94. The summed E-state index contributed by atoms with van der Waals surface area (Å²) in [4.78, 5) is 14.8. The largest absolute Gasteiger partial charge is 0.326 e. The van der Waals surface area contributed by atoms with E-state index in [0.717, 1.165) is 38.2 Å². The quantitative estimate of drug-likeness (QED) is 0.690. The predicted octanol–water partition coefficient (Wildman–Crippen LogP) is 5.08. The van der Waals surface area contributed by atoms with E-state index in [0.29, 0.717) is 12.3 Å². The molecule has 0 aliphatic carbocycles. The van der Waals surface area contributed by atoms with Crippen molar-refractivity contribution in [3.8, 4) is 0 Å². The normalized spacial score (nSPS) is 15.7. The Hall–Kier alpha value is -2.65. The van der Waals surface area contributed by atoms with E-state index >= 15 is 0 Å². The highest BCUT2D eigenvalue weighted by Crippen LogP contribution is 2.23. The minimum atomic E-state index is 0.133. The van der Waals surface area contributed by atoms with Crippen molar-refractivity contribution in [3.05, 3.63) is 78.4 Å². The highest BCUT2D eigenvalue weighted by atomic mass is 16.1. The van der Waals surface area contributed by atoms with Gasteiger partial charge in [-0.25, -0.2) is 0 Å². The van der Waals surface area contributed by atoms with Crippen LogP contribution in [-0.4, -0.2) is 23.9 Å². The number of benzene rings is 3. The average Bonchev–Trinajstić information content (AvgIpc) is 2.70. The molecule has 0 unspecified atom stereocenters. The maximum atomic E-state index is 12.3. The maximum absolute atomic E-state index is 12.3. The molecular weight excluding hydrogens is 332 g/mol. The molecule has 1 aliphatic rings. The van der Waals surface area contributed by atoms with Crippen molar-refractivity contribution in [2.24, 2.45) is 5.92 Å². The lowest BCUT2D eigenvalue weighted by Crippen LogP contribution is -2.34. The minimum Gasteiger partial charge on any atom is -0.326 e. The number of piperidine rings is 1. The Balaban J connectivity index is 1.26. The SMILES string of the molecule is O=C(CC1CCN(Cc2ccc3ccccc3c2)CC1)Nc1ccccc1. The topological polar surface area (TPSA) is 32.3 Å². The maximum Gasteiger partial charge on any atom is 0.224 e. The average molecular weight is 358 g/mol. The summed E-state index contributed by atoms with van der Waals surface area (Å²) in [5.41, 5.74) is 2.25. The molecule has 3 heteroatoms. The van der Waals surface area contributed by atoms with Crippen molar-refractivity contribution in [1.29, 1.82) is 0 Å². The van der Waals surface area contributed by atoms with Gasteiger partial charge in [0.2, 0.25) is 5.91 Å². The lowest BCUT2D eigenvalue weighted by Gasteiger charge is -2.31. The molecule has 1 amide bonds. The second-order valence-corrected chi connectivity index (χ2v) is 7.52. The Bertz CT molecular complexity index is 898. The molecule has 3 aromatic rings. The first kappa shape index (κ1) is 17.7. The third-order valence-electron chi connectivity index (χ3n) is 5.46. The van der Waals surface area contributed by atoms with Crippen molar-refractivity contribution in [2.75, 3.05) is 18.4 Å². The molecule has 0 radical (unpaired) electrons. The fourth-order valence-electron chi connectivity index (χ4n) is 3.94. The van der Waals surface area contributed by atoms with Crippen LogP contribution in [0.1, 0.15) is 24.8 Å². The summed E-state index contributed by atoms with van der Waals surface area (Å²) < 4.78 is 0. The zero-order valence-electron chi connectivity index (χ0n) is 15.6. The Morgan fingerprint density at radius 3 is 2.37 bits per heavy atom. The highest BCUT2D eigenvalue weighted by Gasteiger charge is 2.21. The molecule has 3 nitrogen and oxygen atoms in total. The van der Waals surface area contributed by atoms with Gasteiger partial charge in [0, 0.05) is 18.7 Å². The molecule has 27 heavy (non-hydrogen) atoms. The summed E-state index contributed by atoms with van der Waals surface area (Å²) in [7, 11) is 0. The van der Waals surface area contributed by atoms with Crippen LogP contribution in [0.2, 0.25) is 0 Å². The Kier molecular flexibility index (Phi) is 5.50. The molecule has 0 atom stereocenters. The van der Waals surface area contributed by atoms with Gasteiger partial charge in [-0.15, -0.1) is 0 Å². The van der Waals surface area contributed by atoms with Crippen molar-refractivity contribution in [1.82, 2.24) is 4.90 Å². The summed E-state index contributed by atoms with van der Waals surface area (Å²) in [5, 5.41) is 5.61. The number of carbonyl (C=O) groups excluding carboxylic acids is 1. The molecule has 1 N–H and O–H groups in total. The van der Waals surface area contributed by atoms with Crippen LogP contribution in [0.15, 0.2) is 72.8 Å². The van der Waals surface area contributed by atoms with E-state index in [9.17, 15) is 4.79 Å². The first-order valence-corrected chi connectivity index (χ1v) is 9.81. The van der Waals surface area contributed by atoms with Crippen LogP contribution in [0.25, 0.3) is 10.8 Å². The Morgan fingerprint density at radius 2 is 1.59 bits per heavy atom. The number of hydrogen-bond donors (Lipinski definition) is 1. The van der Waals surface area contributed by atoms with E-state index in [-0.39, 0.29) is 5.91 Å². The lowest BCUT2D eigenvalue weighted by molar-refractivity contribution is -0.117. The van der Waals surface area contributed by atoms with Crippen molar-refractivity contribution in [3.63, 3.8) is 0 Å². The summed E-state index contributed by atoms with van der Waals surface area (Å²) in [6.07, 6.45) is 2.81. The van der Waals surface area contributed by atoms with Crippen molar-refractivity contribution >= 4 is 22.4 Å². The number of fused-ring (bicyclic) bond motifs is 1. The van der Waals surface area contributed by atoms with E-state index in [4.69, 9.17) is 0 Å². The van der Waals surface area contributed by atoms with Gasteiger partial charge in [-0.3, -0.25) is 9.69 Å². The van der Waals surface area contributed by atoms with Gasteiger partial charge in [0.05, 0.1) is 0 Å². The number of hydrogen-bond acceptors (Lipinski definition) is 2. The Labute approximate surface area is 161 Å². The minimum absolute atomic E-state index is 0.133. The summed E-state index contributed by atoms with van der Waals surface area (Å²) in [6, 6.07) is 25.0. The third kappa shape index (κ3) is 4.75. The number of nitrogens with zero attached hydrogens (tertiary/aromatic N) is 1. The summed E-state index contributed by atoms with van der Waals surface area (Å²) in [5.74, 6) is 0.621. The molecule has 1 fully saturated rings. The van der Waals surface area contributed by atoms with E-state index in [1.54, 1.807) is 0 Å². The van der Waals surface area contributed by atoms with Gasteiger partial charge >= 0.3 is 0 Å². The number of carbonyl (C=O) groups is 1. The molecule has 0 aromatic heterocycles. The smallest absolute Gasteiger partial charge is 0.224 e. The predicted molar refractivity (Wildman–Crippen MR) is 112 cm³/mol. The van der Waals surface area contributed by atoms with Gasteiger partial charge in [-0.05, 0) is 66.4 Å². The molecule has 0 spiro atoms. The molecule has 0 saturated carbocycles. The van der Waals surface area contributed by atoms with Gasteiger partial charge in [0.25, 0.3) is 0 Å². The fraction of sp³-hybridized carbons (Fsp3) is 0.292. The van der Waals surface area contributed by atoms with Crippen molar-refractivity contribution in [2.45, 2.75) is 25.8 Å². The third-order valence-corrected chi connectivity index (χ3v) is 5.46. The lowest BCUT2D eigenvalue weighted by atomic mass is 9.93. The van der Waals surface area contributed by atoms with Crippen LogP contribution >= 0.6 is 0 Å². The van der Waals surface area contributed by atoms with Crippen LogP contribution in [0, 0.1) is 5.92 Å². The van der Waals surface area contributed by atoms with Gasteiger partial charge < -0.3 is 5.32 Å². The number of nitrogens with one attached hydrogen (secondary N) is 1. The van der Waals surface area contributed by atoms with Gasteiger partial charge in [-0.2, -0.15) is 0 Å². The van der Waals surface area contributed by atoms with Gasteiger partial charge in [0.1, 0.15) is 0 Å². The molecule has 4 rings (SSSR count). The highest BCUT2D eigenvalue weighted by molar-refractivity contribution is 5.90. The van der Waals surface area contributed by atoms with Crippen LogP contribution in [-0.2, 0) is 11.3 Å². The van der Waals surface area contributed by atoms with E-state index in [2.05, 4.69) is 52.7 Å². The van der Waals surface area contributed by atoms with Gasteiger partial charge in [-0.1, -0.05) is 54.6 Å². The summed E-state index contributed by atoms with van der Waals surface area (Å²) >= 11 is 0. The van der Waals surface area contributed by atoms with Crippen LogP contribution in [0.5, 0.6) is 0 Å². The standard InChI is InChI=1S/C24H26N2O/c27-24(25-23-8-2-1-3-9-23)17-19-12-14-26(15-13-19)18-20-10-11-21-6-4-5-7-22(21)16-20/h1-11,16,19H,12-15,17-18H2,(H,25,27). The second-order valence-electron chi connectivity index (χ2n) is 7.52.